The SMILES string of the molecule is NCCc1[nH]cnc1-c1ccc2[nH]c(=O)oc2c1. The maximum atomic E-state index is 11.1. The second-order valence-electron chi connectivity index (χ2n) is 3.99. The number of hydrogen-bond donors (Lipinski definition) is 3. The normalized spacial score (nSPS) is 11.2. The standard InChI is InChI=1S/C12H12N4O2/c13-4-3-9-11(15-6-14-9)7-1-2-8-10(5-7)18-12(17)16-8/h1-2,5-6H,3-4,13H2,(H,14,15)(H,16,17). The number of nitrogens with one attached hydrogen (secondary N) is 2. The van der Waals surface area contributed by atoms with Crippen molar-refractivity contribution < 1.29 is 4.42 Å². The van der Waals surface area contributed by atoms with Crippen molar-refractivity contribution >= 4 is 11.1 Å². The Bertz CT molecular complexity index is 738. The van der Waals surface area contributed by atoms with Gasteiger partial charge in [-0.15, -0.1) is 0 Å². The van der Waals surface area contributed by atoms with Crippen molar-refractivity contribution in [3.63, 3.8) is 0 Å². The molecule has 0 fully saturated rings. The monoisotopic (exact) mass is 244 g/mol. The quantitative estimate of drug-likeness (QED) is 0.640. The van der Waals surface area contributed by atoms with Gasteiger partial charge in [0.25, 0.3) is 0 Å². The minimum absolute atomic E-state index is 0.452. The number of rotatable bonds is 3. The van der Waals surface area contributed by atoms with Gasteiger partial charge in [-0.1, -0.05) is 6.07 Å². The summed E-state index contributed by atoms with van der Waals surface area (Å²) in [6.07, 6.45) is 2.36. The van der Waals surface area contributed by atoms with Crippen molar-refractivity contribution in [1.29, 1.82) is 0 Å². The van der Waals surface area contributed by atoms with Gasteiger partial charge < -0.3 is 15.1 Å². The van der Waals surface area contributed by atoms with E-state index < -0.39 is 5.76 Å². The van der Waals surface area contributed by atoms with Crippen molar-refractivity contribution in [3.8, 4) is 11.3 Å². The van der Waals surface area contributed by atoms with E-state index in [-0.39, 0.29) is 0 Å². The van der Waals surface area contributed by atoms with E-state index in [0.29, 0.717) is 17.6 Å². The average molecular weight is 244 g/mol. The van der Waals surface area contributed by atoms with Crippen LogP contribution in [-0.4, -0.2) is 21.5 Å². The van der Waals surface area contributed by atoms with Gasteiger partial charge in [0.2, 0.25) is 0 Å². The van der Waals surface area contributed by atoms with Crippen LogP contribution in [0.2, 0.25) is 0 Å². The van der Waals surface area contributed by atoms with Crippen LogP contribution in [0.5, 0.6) is 0 Å². The number of oxazole rings is 1. The number of nitrogens with two attached hydrogens (primary N) is 1. The lowest BCUT2D eigenvalue weighted by atomic mass is 10.1. The molecule has 0 unspecified atom stereocenters. The Morgan fingerprint density at radius 2 is 2.28 bits per heavy atom. The van der Waals surface area contributed by atoms with Crippen LogP contribution in [0.3, 0.4) is 0 Å². The molecule has 0 aliphatic rings. The van der Waals surface area contributed by atoms with E-state index in [4.69, 9.17) is 10.2 Å². The van der Waals surface area contributed by atoms with Gasteiger partial charge in [-0.05, 0) is 18.7 Å². The molecule has 92 valence electrons. The second-order valence-corrected chi connectivity index (χ2v) is 3.99. The number of fused-ring (bicyclic) bond motifs is 1. The van der Waals surface area contributed by atoms with Crippen molar-refractivity contribution in [1.82, 2.24) is 15.0 Å². The number of H-pyrrole nitrogens is 2. The first kappa shape index (κ1) is 10.8. The summed E-state index contributed by atoms with van der Waals surface area (Å²) in [4.78, 5) is 21.0. The average Bonchev–Trinajstić information content (AvgIpc) is 2.93. The van der Waals surface area contributed by atoms with Crippen LogP contribution in [0, 0.1) is 0 Å². The second kappa shape index (κ2) is 4.15. The van der Waals surface area contributed by atoms with Crippen molar-refractivity contribution in [2.45, 2.75) is 6.42 Å². The molecule has 3 aromatic rings. The molecule has 0 radical (unpaired) electrons. The minimum atomic E-state index is -0.452. The summed E-state index contributed by atoms with van der Waals surface area (Å²) in [7, 11) is 0. The lowest BCUT2D eigenvalue weighted by molar-refractivity contribution is 0.555. The predicted octanol–water partition coefficient (Wildman–Crippen LogP) is 1.01. The van der Waals surface area contributed by atoms with E-state index in [1.54, 1.807) is 18.5 Å². The maximum Gasteiger partial charge on any atom is 0.417 e. The third-order valence-corrected chi connectivity index (χ3v) is 2.81. The van der Waals surface area contributed by atoms with Crippen LogP contribution in [0.15, 0.2) is 33.7 Å². The fraction of sp³-hybridized carbons (Fsp3) is 0.167. The van der Waals surface area contributed by atoms with Gasteiger partial charge in [0.1, 0.15) is 0 Å². The molecule has 0 aliphatic carbocycles. The first-order valence-electron chi connectivity index (χ1n) is 5.63. The number of hydrogen-bond acceptors (Lipinski definition) is 4. The highest BCUT2D eigenvalue weighted by atomic mass is 16.4. The molecule has 0 saturated carbocycles. The summed E-state index contributed by atoms with van der Waals surface area (Å²) in [5.41, 5.74) is 9.47. The zero-order valence-corrected chi connectivity index (χ0v) is 9.56. The Morgan fingerprint density at radius 1 is 1.39 bits per heavy atom. The van der Waals surface area contributed by atoms with Crippen LogP contribution in [-0.2, 0) is 6.42 Å². The molecule has 0 amide bonds. The van der Waals surface area contributed by atoms with Crippen molar-refractivity contribution in [2.24, 2.45) is 5.73 Å². The molecule has 0 atom stereocenters. The summed E-state index contributed by atoms with van der Waals surface area (Å²) in [6.45, 7) is 0.552. The van der Waals surface area contributed by atoms with E-state index >= 15 is 0 Å². The van der Waals surface area contributed by atoms with Gasteiger partial charge in [-0.3, -0.25) is 4.98 Å². The summed E-state index contributed by atoms with van der Waals surface area (Å²) < 4.78 is 5.03. The molecule has 2 heterocycles. The zero-order valence-electron chi connectivity index (χ0n) is 9.56. The zero-order chi connectivity index (χ0) is 12.5. The number of benzene rings is 1. The number of aromatic amines is 2. The minimum Gasteiger partial charge on any atom is -0.408 e. The molecule has 0 saturated heterocycles. The Kier molecular flexibility index (Phi) is 2.49. The largest absolute Gasteiger partial charge is 0.417 e. The van der Waals surface area contributed by atoms with Gasteiger partial charge in [-0.2, -0.15) is 0 Å². The highest BCUT2D eigenvalue weighted by Crippen LogP contribution is 2.24. The smallest absolute Gasteiger partial charge is 0.408 e. The van der Waals surface area contributed by atoms with Crippen LogP contribution in [0.25, 0.3) is 22.4 Å². The molecule has 0 spiro atoms. The lowest BCUT2D eigenvalue weighted by Gasteiger charge is -2.01. The topological polar surface area (TPSA) is 101 Å². The van der Waals surface area contributed by atoms with Crippen LogP contribution in [0.1, 0.15) is 5.69 Å². The Balaban J connectivity index is 2.12. The Hall–Kier alpha value is -2.34. The molecule has 0 aliphatic heterocycles. The van der Waals surface area contributed by atoms with Gasteiger partial charge >= 0.3 is 5.76 Å². The molecule has 18 heavy (non-hydrogen) atoms. The first-order valence-corrected chi connectivity index (χ1v) is 5.63. The summed E-state index contributed by atoms with van der Waals surface area (Å²) >= 11 is 0. The molecule has 2 aromatic heterocycles. The molecular formula is C12H12N4O2. The van der Waals surface area contributed by atoms with E-state index in [2.05, 4.69) is 15.0 Å². The lowest BCUT2D eigenvalue weighted by Crippen LogP contribution is -2.03. The summed E-state index contributed by atoms with van der Waals surface area (Å²) in [6, 6.07) is 5.49. The third kappa shape index (κ3) is 1.72. The fourth-order valence-corrected chi connectivity index (χ4v) is 2.00. The highest BCUT2D eigenvalue weighted by Gasteiger charge is 2.10. The van der Waals surface area contributed by atoms with Crippen LogP contribution in [0.4, 0.5) is 0 Å². The van der Waals surface area contributed by atoms with Crippen molar-refractivity contribution in [2.75, 3.05) is 6.54 Å². The molecule has 1 aromatic carbocycles. The predicted molar refractivity (Wildman–Crippen MR) is 67.2 cm³/mol. The van der Waals surface area contributed by atoms with E-state index in [0.717, 1.165) is 23.4 Å². The number of nitrogens with zero attached hydrogens (tertiary/aromatic N) is 1. The van der Waals surface area contributed by atoms with Gasteiger partial charge in [-0.25, -0.2) is 9.78 Å². The van der Waals surface area contributed by atoms with Gasteiger partial charge in [0, 0.05) is 17.7 Å². The van der Waals surface area contributed by atoms with Gasteiger partial charge in [0.15, 0.2) is 5.58 Å². The molecule has 0 bridgehead atoms. The number of imidazole rings is 1. The van der Waals surface area contributed by atoms with E-state index in [9.17, 15) is 4.79 Å². The molecule has 6 nitrogen and oxygen atoms in total. The molecule has 3 rings (SSSR count). The fourth-order valence-electron chi connectivity index (χ4n) is 2.00. The number of aromatic nitrogens is 3. The first-order chi connectivity index (χ1) is 8.78. The van der Waals surface area contributed by atoms with E-state index in [1.807, 2.05) is 6.07 Å². The molecule has 6 heteroatoms. The molecule has 4 N–H and O–H groups in total. The summed E-state index contributed by atoms with van der Waals surface area (Å²) in [5.74, 6) is -0.452. The van der Waals surface area contributed by atoms with Crippen LogP contribution < -0.4 is 11.5 Å². The summed E-state index contributed by atoms with van der Waals surface area (Å²) in [5, 5.41) is 0. The van der Waals surface area contributed by atoms with Gasteiger partial charge in [0.05, 0.1) is 17.5 Å². The Labute approximate surface area is 102 Å². The van der Waals surface area contributed by atoms with Crippen molar-refractivity contribution in [3.05, 3.63) is 40.8 Å². The van der Waals surface area contributed by atoms with Crippen LogP contribution >= 0.6 is 0 Å². The third-order valence-electron chi connectivity index (χ3n) is 2.81. The molecular weight excluding hydrogens is 232 g/mol. The maximum absolute atomic E-state index is 11.1. The highest BCUT2D eigenvalue weighted by molar-refractivity contribution is 5.79. The van der Waals surface area contributed by atoms with E-state index in [1.165, 1.54) is 0 Å². The Morgan fingerprint density at radius 3 is 3.11 bits per heavy atom.